The molecule has 116 valence electrons. The second kappa shape index (κ2) is 6.78. The Morgan fingerprint density at radius 1 is 1.52 bits per heavy atom. The van der Waals surface area contributed by atoms with Crippen LogP contribution in [0.4, 0.5) is 0 Å². The monoisotopic (exact) mass is 329 g/mol. The van der Waals surface area contributed by atoms with Crippen LogP contribution in [0.2, 0.25) is 0 Å². The summed E-state index contributed by atoms with van der Waals surface area (Å²) < 4.78 is 33.0. The van der Waals surface area contributed by atoms with E-state index in [0.29, 0.717) is 13.2 Å². The summed E-state index contributed by atoms with van der Waals surface area (Å²) in [4.78, 5) is 3.95. The van der Waals surface area contributed by atoms with Crippen molar-refractivity contribution in [3.63, 3.8) is 0 Å². The summed E-state index contributed by atoms with van der Waals surface area (Å²) in [5.74, 6) is 0.262. The van der Waals surface area contributed by atoms with Crippen LogP contribution in [-0.4, -0.2) is 37.6 Å². The highest BCUT2D eigenvalue weighted by atomic mass is 32.2. The van der Waals surface area contributed by atoms with Crippen molar-refractivity contribution in [2.75, 3.05) is 13.2 Å². The fraction of sp³-hybridized carbons (Fsp3) is 0.538. The molecule has 1 aliphatic rings. The van der Waals surface area contributed by atoms with E-state index in [2.05, 4.69) is 9.71 Å². The Bertz CT molecular complexity index is 613. The normalized spacial score (nSPS) is 18.3. The molecule has 8 heteroatoms. The quantitative estimate of drug-likeness (QED) is 0.776. The third-order valence-corrected chi connectivity index (χ3v) is 5.39. The number of ether oxygens (including phenoxy) is 1. The van der Waals surface area contributed by atoms with Crippen molar-refractivity contribution in [1.82, 2.24) is 9.71 Å². The lowest BCUT2D eigenvalue weighted by Gasteiger charge is -2.28. The van der Waals surface area contributed by atoms with E-state index in [0.717, 1.165) is 12.8 Å². The van der Waals surface area contributed by atoms with Crippen LogP contribution in [0.5, 0.6) is 0 Å². The van der Waals surface area contributed by atoms with Gasteiger partial charge in [-0.15, -0.1) is 0 Å². The van der Waals surface area contributed by atoms with Gasteiger partial charge in [0.2, 0.25) is 10.0 Å². The van der Waals surface area contributed by atoms with Crippen molar-refractivity contribution in [3.8, 4) is 0 Å². The molecule has 2 heterocycles. The predicted molar refractivity (Wildman–Crippen MR) is 83.5 cm³/mol. The number of sulfonamides is 1. The molecule has 0 aliphatic carbocycles. The first-order valence-electron chi connectivity index (χ1n) is 6.76. The molecule has 21 heavy (non-hydrogen) atoms. The summed E-state index contributed by atoms with van der Waals surface area (Å²) in [5, 5.41) is 0. The molecule has 3 N–H and O–H groups in total. The molecule has 0 bridgehead atoms. The summed E-state index contributed by atoms with van der Waals surface area (Å²) >= 11 is 4.86. The highest BCUT2D eigenvalue weighted by Crippen LogP contribution is 2.21. The summed E-state index contributed by atoms with van der Waals surface area (Å²) in [5.41, 5.74) is 5.67. The van der Waals surface area contributed by atoms with Gasteiger partial charge in [-0.2, -0.15) is 0 Å². The number of pyridine rings is 1. The minimum absolute atomic E-state index is 0.0245. The predicted octanol–water partition coefficient (Wildman–Crippen LogP) is 0.809. The summed E-state index contributed by atoms with van der Waals surface area (Å²) in [6.45, 7) is 3.20. The van der Waals surface area contributed by atoms with E-state index in [1.54, 1.807) is 6.07 Å². The van der Waals surface area contributed by atoms with E-state index in [9.17, 15) is 8.42 Å². The fourth-order valence-corrected chi connectivity index (χ4v) is 4.12. The lowest BCUT2D eigenvalue weighted by atomic mass is 9.94. The van der Waals surface area contributed by atoms with Crippen molar-refractivity contribution in [2.45, 2.75) is 30.7 Å². The first kappa shape index (κ1) is 16.3. The molecule has 0 radical (unpaired) electrons. The third-order valence-electron chi connectivity index (χ3n) is 3.61. The fourth-order valence-electron chi connectivity index (χ4n) is 2.41. The molecule has 1 aromatic rings. The van der Waals surface area contributed by atoms with Crippen LogP contribution in [0, 0.1) is 5.92 Å². The van der Waals surface area contributed by atoms with E-state index in [1.165, 1.54) is 12.3 Å². The smallest absolute Gasteiger partial charge is 0.243 e. The molecule has 1 aromatic heterocycles. The summed E-state index contributed by atoms with van der Waals surface area (Å²) in [6.07, 6.45) is 3.16. The van der Waals surface area contributed by atoms with Gasteiger partial charge in [0.1, 0.15) is 15.6 Å². The maximum atomic E-state index is 12.5. The SMILES string of the molecule is CC(NS(=O)(=O)c1cccnc1C(N)=S)C1CCOCC1. The van der Waals surface area contributed by atoms with E-state index >= 15 is 0 Å². The zero-order valence-corrected chi connectivity index (χ0v) is 13.4. The number of thiocarbonyl (C=S) groups is 1. The van der Waals surface area contributed by atoms with Gasteiger partial charge in [-0.1, -0.05) is 12.2 Å². The van der Waals surface area contributed by atoms with Gasteiger partial charge in [0, 0.05) is 25.5 Å². The zero-order chi connectivity index (χ0) is 15.5. The number of nitrogens with zero attached hydrogens (tertiary/aromatic N) is 1. The molecule has 1 saturated heterocycles. The molecular weight excluding hydrogens is 310 g/mol. The van der Waals surface area contributed by atoms with Crippen molar-refractivity contribution < 1.29 is 13.2 Å². The standard InChI is InChI=1S/C13H19N3O3S2/c1-9(10-4-7-19-8-5-10)16-21(17,18)11-3-2-6-15-12(11)13(14)20/h2-3,6,9-10,16H,4-5,7-8H2,1H3,(H2,14,20). The first-order chi connectivity index (χ1) is 9.92. The molecule has 6 nitrogen and oxygen atoms in total. The number of rotatable bonds is 5. The van der Waals surface area contributed by atoms with Gasteiger partial charge >= 0.3 is 0 Å². The minimum Gasteiger partial charge on any atom is -0.388 e. The molecule has 2 rings (SSSR count). The van der Waals surface area contributed by atoms with Crippen LogP contribution in [0.25, 0.3) is 0 Å². The van der Waals surface area contributed by atoms with Gasteiger partial charge in [0.05, 0.1) is 0 Å². The van der Waals surface area contributed by atoms with Crippen LogP contribution in [0.3, 0.4) is 0 Å². The maximum absolute atomic E-state index is 12.5. The van der Waals surface area contributed by atoms with Crippen LogP contribution < -0.4 is 10.5 Å². The minimum atomic E-state index is -3.71. The van der Waals surface area contributed by atoms with E-state index in [4.69, 9.17) is 22.7 Å². The topological polar surface area (TPSA) is 94.3 Å². The Morgan fingerprint density at radius 2 is 2.19 bits per heavy atom. The number of hydrogen-bond acceptors (Lipinski definition) is 5. The molecule has 0 saturated carbocycles. The molecule has 1 aliphatic heterocycles. The average molecular weight is 329 g/mol. The first-order valence-corrected chi connectivity index (χ1v) is 8.66. The molecule has 1 fully saturated rings. The molecule has 0 amide bonds. The Kier molecular flexibility index (Phi) is 5.26. The van der Waals surface area contributed by atoms with Crippen LogP contribution in [0.15, 0.2) is 23.2 Å². The molecular formula is C13H19N3O3S2. The highest BCUT2D eigenvalue weighted by Gasteiger charge is 2.27. The third kappa shape index (κ3) is 3.97. The Balaban J connectivity index is 2.20. The Morgan fingerprint density at radius 3 is 2.81 bits per heavy atom. The summed E-state index contributed by atoms with van der Waals surface area (Å²) in [7, 11) is -3.71. The van der Waals surface area contributed by atoms with Crippen LogP contribution >= 0.6 is 12.2 Å². The van der Waals surface area contributed by atoms with Crippen molar-refractivity contribution >= 4 is 27.2 Å². The maximum Gasteiger partial charge on any atom is 0.243 e. The largest absolute Gasteiger partial charge is 0.388 e. The Labute approximate surface area is 130 Å². The van der Waals surface area contributed by atoms with Crippen LogP contribution in [0.1, 0.15) is 25.5 Å². The average Bonchev–Trinajstić information content (AvgIpc) is 2.47. The second-order valence-corrected chi connectivity index (χ2v) is 7.20. The number of aromatic nitrogens is 1. The number of nitrogens with two attached hydrogens (primary N) is 1. The van der Waals surface area contributed by atoms with Gasteiger partial charge in [-0.25, -0.2) is 13.1 Å². The second-order valence-electron chi connectivity index (χ2n) is 5.07. The van der Waals surface area contributed by atoms with E-state index in [-0.39, 0.29) is 27.5 Å². The van der Waals surface area contributed by atoms with Crippen molar-refractivity contribution in [1.29, 1.82) is 0 Å². The van der Waals surface area contributed by atoms with Gasteiger partial charge in [-0.3, -0.25) is 4.98 Å². The lowest BCUT2D eigenvalue weighted by Crippen LogP contribution is -2.40. The Hall–Kier alpha value is -1.09. The van der Waals surface area contributed by atoms with Gasteiger partial charge < -0.3 is 10.5 Å². The number of hydrogen-bond donors (Lipinski definition) is 2. The summed E-state index contributed by atoms with van der Waals surface area (Å²) in [6, 6.07) is 2.83. The molecule has 0 spiro atoms. The molecule has 0 aromatic carbocycles. The highest BCUT2D eigenvalue weighted by molar-refractivity contribution is 7.89. The molecule has 1 atom stereocenters. The lowest BCUT2D eigenvalue weighted by molar-refractivity contribution is 0.0585. The van der Waals surface area contributed by atoms with E-state index < -0.39 is 10.0 Å². The zero-order valence-electron chi connectivity index (χ0n) is 11.8. The van der Waals surface area contributed by atoms with Gasteiger partial charge in [0.25, 0.3) is 0 Å². The van der Waals surface area contributed by atoms with Gasteiger partial charge in [0.15, 0.2) is 0 Å². The van der Waals surface area contributed by atoms with Crippen LogP contribution in [-0.2, 0) is 14.8 Å². The number of nitrogens with one attached hydrogen (secondary N) is 1. The molecule has 1 unspecified atom stereocenters. The van der Waals surface area contributed by atoms with Gasteiger partial charge in [-0.05, 0) is 37.8 Å². The van der Waals surface area contributed by atoms with Crippen molar-refractivity contribution in [3.05, 3.63) is 24.0 Å². The van der Waals surface area contributed by atoms with Crippen molar-refractivity contribution in [2.24, 2.45) is 11.7 Å². The van der Waals surface area contributed by atoms with E-state index in [1.807, 2.05) is 6.92 Å².